The Morgan fingerprint density at radius 1 is 0.843 bits per heavy atom. The molecule has 8 nitrogen and oxygen atoms in total. The lowest BCUT2D eigenvalue weighted by Gasteiger charge is -2.42. The number of ketones is 2. The molecule has 1 heterocycles. The van der Waals surface area contributed by atoms with Crippen molar-refractivity contribution < 1.29 is 33.8 Å². The number of hydrogen-bond donors (Lipinski definition) is 1. The topological polar surface area (TPSA) is 110 Å². The normalized spacial score (nSPS) is 22.9. The predicted octanol–water partition coefficient (Wildman–Crippen LogP) is 7.37. The van der Waals surface area contributed by atoms with Crippen LogP contribution in [0.4, 0.5) is 5.69 Å². The third kappa shape index (κ3) is 5.12. The van der Waals surface area contributed by atoms with Crippen molar-refractivity contribution in [1.29, 1.82) is 0 Å². The van der Waals surface area contributed by atoms with Crippen LogP contribution < -0.4 is 14.4 Å². The van der Waals surface area contributed by atoms with E-state index in [2.05, 4.69) is 0 Å². The maximum absolute atomic E-state index is 14.4. The number of methoxy groups -OCH3 is 2. The van der Waals surface area contributed by atoms with Crippen LogP contribution in [0.15, 0.2) is 113 Å². The SMILES string of the molecule is COc1ccc(OC)c(C=Cc2ccc(N3C(=O)C4CC=C5C(c6ccc7ccccc7c6O)C6=C(CC5C4C3=O)C(=O)C=C(C)C6=O)cc2)c1. The van der Waals surface area contributed by atoms with E-state index in [1.807, 2.05) is 85.0 Å². The molecule has 2 amide bonds. The average molecular weight is 678 g/mol. The van der Waals surface area contributed by atoms with Crippen molar-refractivity contribution in [1.82, 2.24) is 0 Å². The highest BCUT2D eigenvalue weighted by Gasteiger charge is 2.56. The number of carbonyl (C=O) groups is 4. The van der Waals surface area contributed by atoms with Gasteiger partial charge in [-0.1, -0.05) is 72.3 Å². The maximum Gasteiger partial charge on any atom is 0.238 e. The largest absolute Gasteiger partial charge is 0.507 e. The molecule has 0 spiro atoms. The van der Waals surface area contributed by atoms with Gasteiger partial charge in [0.1, 0.15) is 17.2 Å². The van der Waals surface area contributed by atoms with Gasteiger partial charge < -0.3 is 14.6 Å². The van der Waals surface area contributed by atoms with Gasteiger partial charge in [0.15, 0.2) is 11.6 Å². The summed E-state index contributed by atoms with van der Waals surface area (Å²) in [5.74, 6) is -2.22. The third-order valence-electron chi connectivity index (χ3n) is 10.9. The van der Waals surface area contributed by atoms with Crippen LogP contribution in [0.3, 0.4) is 0 Å². The molecule has 3 aliphatic carbocycles. The summed E-state index contributed by atoms with van der Waals surface area (Å²) >= 11 is 0. The van der Waals surface area contributed by atoms with Crippen molar-refractivity contribution >= 4 is 52.0 Å². The number of imide groups is 1. The van der Waals surface area contributed by atoms with Gasteiger partial charge in [-0.15, -0.1) is 0 Å². The minimum absolute atomic E-state index is 0.0375. The second-order valence-electron chi connectivity index (χ2n) is 13.5. The lowest BCUT2D eigenvalue weighted by Crippen LogP contribution is -2.39. The Labute approximate surface area is 295 Å². The van der Waals surface area contributed by atoms with Gasteiger partial charge >= 0.3 is 0 Å². The molecule has 1 aliphatic heterocycles. The van der Waals surface area contributed by atoms with Gasteiger partial charge in [0, 0.05) is 39.2 Å². The lowest BCUT2D eigenvalue weighted by atomic mass is 9.59. The van der Waals surface area contributed by atoms with Crippen molar-refractivity contribution in [2.75, 3.05) is 19.1 Å². The molecule has 8 heteroatoms. The summed E-state index contributed by atoms with van der Waals surface area (Å²) in [6.45, 7) is 1.63. The number of ether oxygens (including phenoxy) is 2. The molecular weight excluding hydrogens is 642 g/mol. The van der Waals surface area contributed by atoms with Gasteiger partial charge in [0.25, 0.3) is 0 Å². The first-order chi connectivity index (χ1) is 24.7. The van der Waals surface area contributed by atoms with Gasteiger partial charge in [0.05, 0.1) is 31.7 Å². The van der Waals surface area contributed by atoms with Crippen molar-refractivity contribution in [3.63, 3.8) is 0 Å². The fourth-order valence-corrected chi connectivity index (χ4v) is 8.37. The molecule has 4 aromatic carbocycles. The Hall–Kier alpha value is -6.02. The molecule has 1 N–H and O–H groups in total. The number of amides is 2. The first-order valence-electron chi connectivity index (χ1n) is 17.0. The van der Waals surface area contributed by atoms with Crippen LogP contribution in [0.25, 0.3) is 22.9 Å². The highest BCUT2D eigenvalue weighted by Crippen LogP contribution is 2.57. The van der Waals surface area contributed by atoms with E-state index in [1.165, 1.54) is 11.0 Å². The summed E-state index contributed by atoms with van der Waals surface area (Å²) in [5, 5.41) is 13.1. The van der Waals surface area contributed by atoms with Gasteiger partial charge in [-0.2, -0.15) is 0 Å². The van der Waals surface area contributed by atoms with E-state index in [0.717, 1.165) is 22.1 Å². The number of benzene rings is 4. The molecule has 4 aromatic rings. The van der Waals surface area contributed by atoms with Crippen molar-refractivity contribution in [3.8, 4) is 17.2 Å². The summed E-state index contributed by atoms with van der Waals surface area (Å²) < 4.78 is 10.8. The molecule has 0 bridgehead atoms. The van der Waals surface area contributed by atoms with Crippen molar-refractivity contribution in [3.05, 3.63) is 130 Å². The van der Waals surface area contributed by atoms with Gasteiger partial charge in [-0.25, -0.2) is 0 Å². The number of nitrogens with zero attached hydrogens (tertiary/aromatic N) is 1. The Morgan fingerprint density at radius 2 is 1.63 bits per heavy atom. The number of anilines is 1. The molecule has 0 aromatic heterocycles. The number of phenolic OH excluding ortho intramolecular Hbond substituents is 1. The van der Waals surface area contributed by atoms with Crippen LogP contribution in [0, 0.1) is 17.8 Å². The Bertz CT molecular complexity index is 2310. The third-order valence-corrected chi connectivity index (χ3v) is 10.9. The molecule has 8 rings (SSSR count). The predicted molar refractivity (Wildman–Crippen MR) is 194 cm³/mol. The van der Waals surface area contributed by atoms with Crippen molar-refractivity contribution in [2.45, 2.75) is 25.7 Å². The number of Topliss-reactive ketones (excluding diaryl/α,β-unsaturated/α-hetero) is 1. The second-order valence-corrected chi connectivity index (χ2v) is 13.5. The molecule has 51 heavy (non-hydrogen) atoms. The average Bonchev–Trinajstić information content (AvgIpc) is 3.41. The van der Waals surface area contributed by atoms with E-state index < -0.39 is 23.7 Å². The molecule has 0 radical (unpaired) electrons. The highest BCUT2D eigenvalue weighted by atomic mass is 16.5. The molecule has 4 unspecified atom stereocenters. The summed E-state index contributed by atoms with van der Waals surface area (Å²) in [7, 11) is 3.21. The van der Waals surface area contributed by atoms with Crippen molar-refractivity contribution in [2.24, 2.45) is 17.8 Å². The Morgan fingerprint density at radius 3 is 2.39 bits per heavy atom. The number of hydrogen-bond acceptors (Lipinski definition) is 7. The lowest BCUT2D eigenvalue weighted by molar-refractivity contribution is -0.123. The first-order valence-corrected chi connectivity index (χ1v) is 17.0. The summed E-state index contributed by atoms with van der Waals surface area (Å²) in [4.78, 5) is 57.0. The van der Waals surface area contributed by atoms with Crippen LogP contribution in [0.1, 0.15) is 42.4 Å². The molecule has 0 saturated carbocycles. The molecular formula is C43H35NO7. The zero-order valence-electron chi connectivity index (χ0n) is 28.4. The zero-order chi connectivity index (χ0) is 35.6. The summed E-state index contributed by atoms with van der Waals surface area (Å²) in [5.41, 5.74) is 4.53. The first kappa shape index (κ1) is 32.2. The van der Waals surface area contributed by atoms with E-state index in [-0.39, 0.29) is 35.6 Å². The number of fused-ring (bicyclic) bond motifs is 4. The highest BCUT2D eigenvalue weighted by molar-refractivity contribution is 6.25. The number of rotatable bonds is 6. The van der Waals surface area contributed by atoms with Crippen LogP contribution >= 0.6 is 0 Å². The standard InChI is InChI=1S/C43H35NO7/c1-23-20-35(45)34-22-33-30(37(39(34)40(23)46)31-16-12-25-6-4-5-7-29(25)41(31)47)17-18-32-38(33)43(49)44(42(32)48)27-13-9-24(10-14-27)8-11-26-21-28(50-2)15-19-36(26)51-3/h4-17,19-21,32-33,37-38,47H,18,22H2,1-3H3. The van der Waals surface area contributed by atoms with Crippen LogP contribution in [-0.2, 0) is 19.2 Å². The summed E-state index contributed by atoms with van der Waals surface area (Å²) in [6, 6.07) is 23.9. The van der Waals surface area contributed by atoms with E-state index >= 15 is 0 Å². The molecule has 1 saturated heterocycles. The molecule has 1 fully saturated rings. The molecule has 254 valence electrons. The quantitative estimate of drug-likeness (QED) is 0.0983. The van der Waals surface area contributed by atoms with Crippen LogP contribution in [-0.4, -0.2) is 42.7 Å². The Kier molecular flexibility index (Phi) is 7.82. The fraction of sp³-hybridized carbons (Fsp3) is 0.209. The minimum atomic E-state index is -0.726. The van der Waals surface area contributed by atoms with Crippen LogP contribution in [0.2, 0.25) is 0 Å². The second kappa shape index (κ2) is 12.4. The Balaban J connectivity index is 1.14. The molecule has 4 aliphatic rings. The number of aromatic hydroxyl groups is 1. The monoisotopic (exact) mass is 677 g/mol. The van der Waals surface area contributed by atoms with E-state index in [1.54, 1.807) is 33.3 Å². The van der Waals surface area contributed by atoms with E-state index in [4.69, 9.17) is 9.47 Å². The van der Waals surface area contributed by atoms with Gasteiger partial charge in [-0.3, -0.25) is 24.1 Å². The number of allylic oxidation sites excluding steroid dienone is 6. The van der Waals surface area contributed by atoms with Gasteiger partial charge in [-0.05, 0) is 73.0 Å². The number of phenols is 1. The summed E-state index contributed by atoms with van der Waals surface area (Å²) in [6.07, 6.45) is 7.64. The van der Waals surface area contributed by atoms with E-state index in [9.17, 15) is 24.3 Å². The van der Waals surface area contributed by atoms with Crippen LogP contribution in [0.5, 0.6) is 17.2 Å². The number of carbonyl (C=O) groups excluding carboxylic acids is 4. The fourth-order valence-electron chi connectivity index (χ4n) is 8.37. The van der Waals surface area contributed by atoms with E-state index in [0.29, 0.717) is 51.3 Å². The molecule has 4 atom stereocenters. The smallest absolute Gasteiger partial charge is 0.238 e. The maximum atomic E-state index is 14.4. The van der Waals surface area contributed by atoms with Gasteiger partial charge in [0.2, 0.25) is 11.8 Å². The minimum Gasteiger partial charge on any atom is -0.507 e. The zero-order valence-corrected chi connectivity index (χ0v) is 28.4.